The SMILES string of the molecule is COC(=O)/C=C/c1ccc(O[C@H](CO)[C@H](O)c2ccc(OC(C)=O)c(OC)c2)c(OC)c1. The zero-order chi connectivity index (χ0) is 23.7. The average molecular weight is 446 g/mol. The van der Waals surface area contributed by atoms with Crippen LogP contribution in [-0.2, 0) is 14.3 Å². The van der Waals surface area contributed by atoms with Crippen molar-refractivity contribution in [2.24, 2.45) is 0 Å². The minimum atomic E-state index is -1.23. The second-order valence-electron chi connectivity index (χ2n) is 6.55. The zero-order valence-corrected chi connectivity index (χ0v) is 18.2. The summed E-state index contributed by atoms with van der Waals surface area (Å²) in [6.45, 7) is 0.768. The van der Waals surface area contributed by atoms with Crippen molar-refractivity contribution >= 4 is 18.0 Å². The molecule has 32 heavy (non-hydrogen) atoms. The molecule has 0 aliphatic rings. The number of aliphatic hydroxyl groups excluding tert-OH is 2. The van der Waals surface area contributed by atoms with E-state index in [0.717, 1.165) is 0 Å². The zero-order valence-electron chi connectivity index (χ0n) is 18.2. The number of ether oxygens (including phenoxy) is 5. The van der Waals surface area contributed by atoms with Crippen molar-refractivity contribution in [2.75, 3.05) is 27.9 Å². The van der Waals surface area contributed by atoms with Crippen molar-refractivity contribution in [3.05, 3.63) is 53.6 Å². The number of esters is 2. The lowest BCUT2D eigenvalue weighted by molar-refractivity contribution is -0.135. The number of carbonyl (C=O) groups excluding carboxylic acids is 2. The van der Waals surface area contributed by atoms with Gasteiger partial charge in [-0.1, -0.05) is 12.1 Å². The summed E-state index contributed by atoms with van der Waals surface area (Å²) in [6, 6.07) is 9.41. The summed E-state index contributed by atoms with van der Waals surface area (Å²) < 4.78 is 26.0. The largest absolute Gasteiger partial charge is 0.493 e. The van der Waals surface area contributed by atoms with E-state index < -0.39 is 30.8 Å². The number of hydrogen-bond donors (Lipinski definition) is 2. The summed E-state index contributed by atoms with van der Waals surface area (Å²) in [5.74, 6) is 0.0604. The number of rotatable bonds is 10. The van der Waals surface area contributed by atoms with Gasteiger partial charge in [0.15, 0.2) is 29.1 Å². The van der Waals surface area contributed by atoms with Crippen molar-refractivity contribution in [3.8, 4) is 23.0 Å². The van der Waals surface area contributed by atoms with Crippen molar-refractivity contribution < 1.29 is 43.5 Å². The molecule has 172 valence electrons. The van der Waals surface area contributed by atoms with E-state index in [4.69, 9.17) is 18.9 Å². The maximum Gasteiger partial charge on any atom is 0.330 e. The van der Waals surface area contributed by atoms with E-state index in [2.05, 4.69) is 4.74 Å². The lowest BCUT2D eigenvalue weighted by Crippen LogP contribution is -2.29. The highest BCUT2D eigenvalue weighted by molar-refractivity contribution is 5.87. The van der Waals surface area contributed by atoms with Gasteiger partial charge >= 0.3 is 11.9 Å². The van der Waals surface area contributed by atoms with Crippen LogP contribution in [0.4, 0.5) is 0 Å². The molecule has 0 fully saturated rings. The van der Waals surface area contributed by atoms with E-state index >= 15 is 0 Å². The molecule has 0 bridgehead atoms. The van der Waals surface area contributed by atoms with Crippen LogP contribution in [-0.4, -0.2) is 56.2 Å². The molecule has 9 heteroatoms. The van der Waals surface area contributed by atoms with E-state index in [9.17, 15) is 19.8 Å². The van der Waals surface area contributed by atoms with Crippen molar-refractivity contribution in [3.63, 3.8) is 0 Å². The lowest BCUT2D eigenvalue weighted by Gasteiger charge is -2.24. The molecule has 0 spiro atoms. The molecule has 2 N–H and O–H groups in total. The maximum atomic E-state index is 11.3. The third-order valence-corrected chi connectivity index (χ3v) is 4.39. The van der Waals surface area contributed by atoms with Gasteiger partial charge in [0.05, 0.1) is 27.9 Å². The van der Waals surface area contributed by atoms with E-state index in [1.807, 2.05) is 0 Å². The van der Waals surface area contributed by atoms with E-state index in [0.29, 0.717) is 16.9 Å². The molecule has 0 radical (unpaired) electrons. The predicted molar refractivity (Wildman–Crippen MR) is 115 cm³/mol. The maximum absolute atomic E-state index is 11.3. The van der Waals surface area contributed by atoms with Gasteiger partial charge < -0.3 is 33.9 Å². The van der Waals surface area contributed by atoms with Crippen LogP contribution in [0, 0.1) is 0 Å². The van der Waals surface area contributed by atoms with Crippen LogP contribution in [0.15, 0.2) is 42.5 Å². The number of benzene rings is 2. The number of aliphatic hydroxyl groups is 2. The summed E-state index contributed by atoms with van der Waals surface area (Å²) in [5, 5.41) is 20.6. The fourth-order valence-corrected chi connectivity index (χ4v) is 2.80. The first-order valence-corrected chi connectivity index (χ1v) is 9.58. The summed E-state index contributed by atoms with van der Waals surface area (Å²) in [7, 11) is 4.13. The quantitative estimate of drug-likeness (QED) is 0.322. The average Bonchev–Trinajstić information content (AvgIpc) is 2.80. The van der Waals surface area contributed by atoms with E-state index in [1.54, 1.807) is 24.3 Å². The molecule has 0 saturated heterocycles. The van der Waals surface area contributed by atoms with Crippen molar-refractivity contribution in [1.82, 2.24) is 0 Å². The minimum Gasteiger partial charge on any atom is -0.493 e. The summed E-state index contributed by atoms with van der Waals surface area (Å²) in [4.78, 5) is 22.5. The lowest BCUT2D eigenvalue weighted by atomic mass is 10.0. The van der Waals surface area contributed by atoms with Crippen LogP contribution in [0.25, 0.3) is 6.08 Å². The Morgan fingerprint density at radius 1 is 0.969 bits per heavy atom. The molecule has 0 unspecified atom stereocenters. The van der Waals surface area contributed by atoms with Gasteiger partial charge in [0.2, 0.25) is 0 Å². The minimum absolute atomic E-state index is 0.203. The first kappa shape index (κ1) is 24.7. The van der Waals surface area contributed by atoms with Gasteiger partial charge in [-0.05, 0) is 41.5 Å². The Bertz CT molecular complexity index is 968. The van der Waals surface area contributed by atoms with Crippen LogP contribution < -0.4 is 18.9 Å². The van der Waals surface area contributed by atoms with Gasteiger partial charge in [-0.2, -0.15) is 0 Å². The fraction of sp³-hybridized carbons (Fsp3) is 0.304. The number of carbonyl (C=O) groups is 2. The second kappa shape index (κ2) is 11.7. The molecule has 0 aliphatic heterocycles. The molecule has 0 heterocycles. The molecular formula is C23H26O9. The highest BCUT2D eigenvalue weighted by Crippen LogP contribution is 2.34. The number of methoxy groups -OCH3 is 3. The Labute approximate surface area is 185 Å². The third kappa shape index (κ3) is 6.47. The van der Waals surface area contributed by atoms with E-state index in [-0.39, 0.29) is 17.2 Å². The Morgan fingerprint density at radius 3 is 2.22 bits per heavy atom. The van der Waals surface area contributed by atoms with Crippen LogP contribution in [0.3, 0.4) is 0 Å². The standard InChI is InChI=1S/C23H26O9/c1-14(25)31-17-9-7-16(12-20(17)29-3)23(27)21(13-24)32-18-8-5-15(11-19(18)28-2)6-10-22(26)30-4/h5-12,21,23-24,27H,13H2,1-4H3/b10-6+/t21-,23-/m1/s1. The Kier molecular flexibility index (Phi) is 9.06. The van der Waals surface area contributed by atoms with Crippen molar-refractivity contribution in [2.45, 2.75) is 19.1 Å². The molecule has 2 aromatic carbocycles. The Balaban J connectivity index is 2.24. The number of hydrogen-bond acceptors (Lipinski definition) is 9. The van der Waals surface area contributed by atoms with Gasteiger partial charge in [-0.25, -0.2) is 4.79 Å². The van der Waals surface area contributed by atoms with Gasteiger partial charge in [0.25, 0.3) is 0 Å². The van der Waals surface area contributed by atoms with Gasteiger partial charge in [-0.3, -0.25) is 4.79 Å². The topological polar surface area (TPSA) is 121 Å². The highest BCUT2D eigenvalue weighted by Gasteiger charge is 2.25. The summed E-state index contributed by atoms with van der Waals surface area (Å²) in [5.41, 5.74) is 1.04. The van der Waals surface area contributed by atoms with Crippen LogP contribution in [0.1, 0.15) is 24.2 Å². The van der Waals surface area contributed by atoms with E-state index in [1.165, 1.54) is 52.5 Å². The van der Waals surface area contributed by atoms with Crippen LogP contribution in [0.5, 0.6) is 23.0 Å². The highest BCUT2D eigenvalue weighted by atomic mass is 16.6. The molecule has 2 atom stereocenters. The van der Waals surface area contributed by atoms with Gasteiger partial charge in [-0.15, -0.1) is 0 Å². The normalized spacial score (nSPS) is 12.7. The molecule has 0 aliphatic carbocycles. The smallest absolute Gasteiger partial charge is 0.330 e. The third-order valence-electron chi connectivity index (χ3n) is 4.39. The first-order chi connectivity index (χ1) is 15.3. The molecule has 2 aromatic rings. The second-order valence-corrected chi connectivity index (χ2v) is 6.55. The van der Waals surface area contributed by atoms with Gasteiger partial charge in [0, 0.05) is 13.0 Å². The molecule has 0 aromatic heterocycles. The van der Waals surface area contributed by atoms with Crippen molar-refractivity contribution in [1.29, 1.82) is 0 Å². The first-order valence-electron chi connectivity index (χ1n) is 9.58. The van der Waals surface area contributed by atoms with Gasteiger partial charge in [0.1, 0.15) is 6.10 Å². The Hall–Kier alpha value is -3.56. The summed E-state index contributed by atoms with van der Waals surface area (Å²) in [6.07, 6.45) is 0.545. The molecule has 2 rings (SSSR count). The molecular weight excluding hydrogens is 420 g/mol. The van der Waals surface area contributed by atoms with Crippen LogP contribution >= 0.6 is 0 Å². The summed E-state index contributed by atoms with van der Waals surface area (Å²) >= 11 is 0. The molecule has 0 saturated carbocycles. The molecule has 0 amide bonds. The predicted octanol–water partition coefficient (Wildman–Crippen LogP) is 2.29. The van der Waals surface area contributed by atoms with Crippen LogP contribution in [0.2, 0.25) is 0 Å². The monoisotopic (exact) mass is 446 g/mol. The molecule has 9 nitrogen and oxygen atoms in total. The Morgan fingerprint density at radius 2 is 1.62 bits per heavy atom. The fourth-order valence-electron chi connectivity index (χ4n) is 2.80.